The molecule has 0 unspecified atom stereocenters. The van der Waals surface area contributed by atoms with E-state index in [2.05, 4.69) is 18.7 Å². The molecule has 0 aromatic carbocycles. The smallest absolute Gasteiger partial charge is 0.00962 e. The van der Waals surface area contributed by atoms with Crippen LogP contribution in [0.4, 0.5) is 0 Å². The molecular weight excluding hydrogens is 160 g/mol. The van der Waals surface area contributed by atoms with Crippen LogP contribution in [0, 0.1) is 0 Å². The van der Waals surface area contributed by atoms with Crippen molar-refractivity contribution in [3.63, 3.8) is 0 Å². The topological polar surface area (TPSA) is 29.3 Å². The molecule has 1 rings (SSSR count). The van der Waals surface area contributed by atoms with Crippen LogP contribution in [0.2, 0.25) is 0 Å². The van der Waals surface area contributed by atoms with E-state index < -0.39 is 0 Å². The van der Waals surface area contributed by atoms with Gasteiger partial charge in [-0.3, -0.25) is 0 Å². The van der Waals surface area contributed by atoms with Crippen molar-refractivity contribution in [3.8, 4) is 0 Å². The standard InChI is InChI=1S/C11H24N2/c1-3-9-13(4-2)11-7-5-10(12)6-8-11/h10-11H,3-9,12H2,1-2H3. The molecule has 1 fully saturated rings. The molecule has 0 aliphatic heterocycles. The molecule has 1 aliphatic rings. The second kappa shape index (κ2) is 5.61. The van der Waals surface area contributed by atoms with E-state index in [1.54, 1.807) is 0 Å². The lowest BCUT2D eigenvalue weighted by Crippen LogP contribution is -2.41. The van der Waals surface area contributed by atoms with Crippen LogP contribution in [0.3, 0.4) is 0 Å². The van der Waals surface area contributed by atoms with Gasteiger partial charge in [0.15, 0.2) is 0 Å². The van der Waals surface area contributed by atoms with E-state index in [1.165, 1.54) is 45.2 Å². The molecule has 0 radical (unpaired) electrons. The van der Waals surface area contributed by atoms with Crippen LogP contribution in [0.25, 0.3) is 0 Å². The Bertz CT molecular complexity index is 128. The predicted octanol–water partition coefficient (Wildman–Crippen LogP) is 1.99. The molecule has 2 nitrogen and oxygen atoms in total. The lowest BCUT2D eigenvalue weighted by molar-refractivity contribution is 0.157. The molecule has 1 saturated carbocycles. The summed E-state index contributed by atoms with van der Waals surface area (Å²) in [6.45, 7) is 6.99. The Labute approximate surface area is 82.5 Å². The van der Waals surface area contributed by atoms with Crippen LogP contribution in [-0.4, -0.2) is 30.1 Å². The lowest BCUT2D eigenvalue weighted by Gasteiger charge is -2.35. The average molecular weight is 184 g/mol. The largest absolute Gasteiger partial charge is 0.328 e. The average Bonchev–Trinajstić information content (AvgIpc) is 2.16. The first kappa shape index (κ1) is 11.0. The zero-order valence-corrected chi connectivity index (χ0v) is 9.13. The third-order valence-corrected chi connectivity index (χ3v) is 3.17. The Morgan fingerprint density at radius 1 is 1.15 bits per heavy atom. The molecular formula is C11H24N2. The molecule has 1 aliphatic carbocycles. The van der Waals surface area contributed by atoms with Crippen molar-refractivity contribution in [2.45, 2.75) is 58.0 Å². The van der Waals surface area contributed by atoms with Crippen LogP contribution in [0.1, 0.15) is 46.0 Å². The molecule has 0 aromatic rings. The highest BCUT2D eigenvalue weighted by Gasteiger charge is 2.22. The van der Waals surface area contributed by atoms with E-state index in [4.69, 9.17) is 5.73 Å². The molecule has 0 amide bonds. The SMILES string of the molecule is CCCN(CC)C1CCC(N)CC1. The Morgan fingerprint density at radius 2 is 1.77 bits per heavy atom. The highest BCUT2D eigenvalue weighted by Crippen LogP contribution is 2.21. The summed E-state index contributed by atoms with van der Waals surface area (Å²) in [5.41, 5.74) is 5.89. The molecule has 0 bridgehead atoms. The second-order valence-electron chi connectivity index (χ2n) is 4.20. The molecule has 13 heavy (non-hydrogen) atoms. The van der Waals surface area contributed by atoms with Gasteiger partial charge in [-0.05, 0) is 45.2 Å². The van der Waals surface area contributed by atoms with Crippen LogP contribution < -0.4 is 5.73 Å². The quantitative estimate of drug-likeness (QED) is 0.724. The summed E-state index contributed by atoms with van der Waals surface area (Å²) < 4.78 is 0. The fourth-order valence-electron chi connectivity index (χ4n) is 2.35. The van der Waals surface area contributed by atoms with E-state index in [9.17, 15) is 0 Å². The Morgan fingerprint density at radius 3 is 2.23 bits per heavy atom. The summed E-state index contributed by atoms with van der Waals surface area (Å²) in [5.74, 6) is 0. The van der Waals surface area contributed by atoms with Crippen molar-refractivity contribution in [1.82, 2.24) is 4.90 Å². The molecule has 0 aromatic heterocycles. The number of nitrogens with two attached hydrogens (primary N) is 1. The summed E-state index contributed by atoms with van der Waals surface area (Å²) in [6, 6.07) is 1.31. The summed E-state index contributed by atoms with van der Waals surface area (Å²) in [7, 11) is 0. The van der Waals surface area contributed by atoms with Gasteiger partial charge in [-0.2, -0.15) is 0 Å². The summed E-state index contributed by atoms with van der Waals surface area (Å²) in [5, 5.41) is 0. The maximum absolute atomic E-state index is 5.89. The summed E-state index contributed by atoms with van der Waals surface area (Å²) >= 11 is 0. The van der Waals surface area contributed by atoms with Gasteiger partial charge in [0, 0.05) is 12.1 Å². The first-order chi connectivity index (χ1) is 6.27. The molecule has 2 N–H and O–H groups in total. The fraction of sp³-hybridized carbons (Fsp3) is 1.00. The van der Waals surface area contributed by atoms with Crippen molar-refractivity contribution < 1.29 is 0 Å². The Hall–Kier alpha value is -0.0800. The number of hydrogen-bond acceptors (Lipinski definition) is 2. The van der Waals surface area contributed by atoms with Crippen LogP contribution in [0.15, 0.2) is 0 Å². The second-order valence-corrected chi connectivity index (χ2v) is 4.20. The Balaban J connectivity index is 2.32. The van der Waals surface area contributed by atoms with Gasteiger partial charge in [-0.25, -0.2) is 0 Å². The van der Waals surface area contributed by atoms with Gasteiger partial charge in [-0.1, -0.05) is 13.8 Å². The van der Waals surface area contributed by atoms with Crippen molar-refractivity contribution >= 4 is 0 Å². The van der Waals surface area contributed by atoms with Gasteiger partial charge < -0.3 is 10.6 Å². The monoisotopic (exact) mass is 184 g/mol. The van der Waals surface area contributed by atoms with E-state index in [0.717, 1.165) is 6.04 Å². The molecule has 0 spiro atoms. The zero-order valence-electron chi connectivity index (χ0n) is 9.13. The molecule has 2 heteroatoms. The maximum Gasteiger partial charge on any atom is 0.00962 e. The molecule has 78 valence electrons. The van der Waals surface area contributed by atoms with Gasteiger partial charge >= 0.3 is 0 Å². The van der Waals surface area contributed by atoms with E-state index >= 15 is 0 Å². The van der Waals surface area contributed by atoms with Gasteiger partial charge in [-0.15, -0.1) is 0 Å². The zero-order chi connectivity index (χ0) is 9.68. The normalized spacial score (nSPS) is 29.5. The van der Waals surface area contributed by atoms with Gasteiger partial charge in [0.25, 0.3) is 0 Å². The predicted molar refractivity (Wildman–Crippen MR) is 57.8 cm³/mol. The van der Waals surface area contributed by atoms with Crippen molar-refractivity contribution in [1.29, 1.82) is 0 Å². The van der Waals surface area contributed by atoms with Gasteiger partial charge in [0.1, 0.15) is 0 Å². The first-order valence-electron chi connectivity index (χ1n) is 5.77. The van der Waals surface area contributed by atoms with Gasteiger partial charge in [0.2, 0.25) is 0 Å². The lowest BCUT2D eigenvalue weighted by atomic mass is 9.90. The van der Waals surface area contributed by atoms with E-state index in [1.807, 2.05) is 0 Å². The van der Waals surface area contributed by atoms with E-state index in [-0.39, 0.29) is 0 Å². The Kier molecular flexibility index (Phi) is 4.74. The van der Waals surface area contributed by atoms with E-state index in [0.29, 0.717) is 6.04 Å². The number of hydrogen-bond donors (Lipinski definition) is 1. The van der Waals surface area contributed by atoms with Gasteiger partial charge in [0.05, 0.1) is 0 Å². The van der Waals surface area contributed by atoms with Crippen LogP contribution >= 0.6 is 0 Å². The highest BCUT2D eigenvalue weighted by atomic mass is 15.1. The van der Waals surface area contributed by atoms with Crippen molar-refractivity contribution in [3.05, 3.63) is 0 Å². The molecule has 0 saturated heterocycles. The fourth-order valence-corrected chi connectivity index (χ4v) is 2.35. The highest BCUT2D eigenvalue weighted by molar-refractivity contribution is 4.80. The van der Waals surface area contributed by atoms with Crippen molar-refractivity contribution in [2.24, 2.45) is 5.73 Å². The minimum atomic E-state index is 0.483. The molecule has 0 atom stereocenters. The van der Waals surface area contributed by atoms with Crippen LogP contribution in [-0.2, 0) is 0 Å². The van der Waals surface area contributed by atoms with Crippen LogP contribution in [0.5, 0.6) is 0 Å². The minimum absolute atomic E-state index is 0.483. The first-order valence-corrected chi connectivity index (χ1v) is 5.77. The summed E-state index contributed by atoms with van der Waals surface area (Å²) in [4.78, 5) is 2.62. The minimum Gasteiger partial charge on any atom is -0.328 e. The number of nitrogens with zero attached hydrogens (tertiary/aromatic N) is 1. The number of rotatable bonds is 4. The molecule has 0 heterocycles. The maximum atomic E-state index is 5.89. The van der Waals surface area contributed by atoms with Crippen molar-refractivity contribution in [2.75, 3.05) is 13.1 Å². The summed E-state index contributed by atoms with van der Waals surface area (Å²) in [6.07, 6.45) is 6.36. The third-order valence-electron chi connectivity index (χ3n) is 3.17. The third kappa shape index (κ3) is 3.28.